The molecule has 0 unspecified atom stereocenters. The summed E-state index contributed by atoms with van der Waals surface area (Å²) in [6, 6.07) is 12.0. The average Bonchev–Trinajstić information content (AvgIpc) is 2.80. The minimum Gasteiger partial charge on any atom is -0.465 e. The maximum Gasteiger partial charge on any atom is 0.339 e. The lowest BCUT2D eigenvalue weighted by Crippen LogP contribution is -2.14. The van der Waals surface area contributed by atoms with Gasteiger partial charge in [0.15, 0.2) is 0 Å². The first-order valence-electron chi connectivity index (χ1n) is 11.2. The summed E-state index contributed by atoms with van der Waals surface area (Å²) < 4.78 is 10.8. The summed E-state index contributed by atoms with van der Waals surface area (Å²) >= 11 is 0. The monoisotopic (exact) mass is 555 g/mol. The summed E-state index contributed by atoms with van der Waals surface area (Å²) in [5.74, 6) is 0.0735. The van der Waals surface area contributed by atoms with E-state index in [0.717, 1.165) is 45.8 Å². The molecular formula is C27H36Cl3N3O3. The van der Waals surface area contributed by atoms with Gasteiger partial charge < -0.3 is 15.2 Å². The molecule has 198 valence electrons. The zero-order valence-electron chi connectivity index (χ0n) is 21.4. The number of methoxy groups -OCH3 is 1. The second kappa shape index (κ2) is 15.8. The van der Waals surface area contributed by atoms with E-state index in [1.165, 1.54) is 18.9 Å². The van der Waals surface area contributed by atoms with E-state index in [-0.39, 0.29) is 37.2 Å². The standard InChI is InChI=1S/C27H33N3O3.3ClH/c1-17(2)12-25-23(13-28)26(20-8-6-18(3)7-9-20)24(19(4)30-25)16-33-15-22-11-10-21(14-29-22)27(31)32-5;;;/h6-11,14,17H,12-13,15-16,28H2,1-5H3;3*1H. The zero-order chi connectivity index (χ0) is 24.0. The molecular weight excluding hydrogens is 521 g/mol. The predicted octanol–water partition coefficient (Wildman–Crippen LogP) is 6.19. The molecule has 36 heavy (non-hydrogen) atoms. The molecule has 2 heterocycles. The number of aromatic nitrogens is 2. The van der Waals surface area contributed by atoms with Crippen molar-refractivity contribution in [1.29, 1.82) is 0 Å². The molecule has 0 fully saturated rings. The third kappa shape index (κ3) is 8.43. The van der Waals surface area contributed by atoms with Crippen molar-refractivity contribution in [3.05, 3.63) is 81.9 Å². The highest BCUT2D eigenvalue weighted by Gasteiger charge is 2.19. The molecule has 2 aromatic heterocycles. The quantitative estimate of drug-likeness (QED) is 0.316. The van der Waals surface area contributed by atoms with Crippen LogP contribution in [0.15, 0.2) is 42.6 Å². The van der Waals surface area contributed by atoms with Crippen LogP contribution in [0, 0.1) is 19.8 Å². The lowest BCUT2D eigenvalue weighted by Gasteiger charge is -2.21. The Hall–Kier alpha value is -2.22. The number of aryl methyl sites for hydroxylation is 2. The van der Waals surface area contributed by atoms with Crippen LogP contribution in [0.1, 0.15) is 58.0 Å². The fourth-order valence-corrected chi connectivity index (χ4v) is 3.87. The molecule has 1 aromatic carbocycles. The Morgan fingerprint density at radius 1 is 0.972 bits per heavy atom. The van der Waals surface area contributed by atoms with E-state index >= 15 is 0 Å². The number of nitrogens with two attached hydrogens (primary N) is 1. The fourth-order valence-electron chi connectivity index (χ4n) is 3.87. The molecule has 0 saturated carbocycles. The Morgan fingerprint density at radius 2 is 1.64 bits per heavy atom. The Bertz CT molecular complexity index is 1110. The molecule has 0 spiro atoms. The van der Waals surface area contributed by atoms with E-state index in [4.69, 9.17) is 20.2 Å². The Labute approximate surface area is 232 Å². The van der Waals surface area contributed by atoms with Gasteiger partial charge in [-0.25, -0.2) is 4.79 Å². The van der Waals surface area contributed by atoms with Crippen LogP contribution in [-0.4, -0.2) is 23.0 Å². The number of rotatable bonds is 9. The average molecular weight is 557 g/mol. The number of nitrogens with zero attached hydrogens (tertiary/aromatic N) is 2. The van der Waals surface area contributed by atoms with Gasteiger partial charge in [-0.15, -0.1) is 37.2 Å². The van der Waals surface area contributed by atoms with Crippen LogP contribution in [0.5, 0.6) is 0 Å². The molecule has 0 atom stereocenters. The van der Waals surface area contributed by atoms with Gasteiger partial charge in [-0.05, 0) is 55.0 Å². The fraction of sp³-hybridized carbons (Fsp3) is 0.370. The van der Waals surface area contributed by atoms with Gasteiger partial charge in [0, 0.05) is 29.7 Å². The first kappa shape index (κ1) is 33.8. The minimum atomic E-state index is -0.407. The van der Waals surface area contributed by atoms with Gasteiger partial charge in [-0.3, -0.25) is 9.97 Å². The SMILES string of the molecule is COC(=O)c1ccc(COCc2c(C)nc(CC(C)C)c(CN)c2-c2ccc(C)cc2)nc1.Cl.Cl.Cl. The number of esters is 1. The van der Waals surface area contributed by atoms with Crippen molar-refractivity contribution in [3.63, 3.8) is 0 Å². The second-order valence-corrected chi connectivity index (χ2v) is 8.67. The Balaban J connectivity index is 0.00000408. The third-order valence-electron chi connectivity index (χ3n) is 5.58. The van der Waals surface area contributed by atoms with Gasteiger partial charge in [-0.2, -0.15) is 0 Å². The molecule has 3 rings (SSSR count). The lowest BCUT2D eigenvalue weighted by atomic mass is 9.90. The number of benzene rings is 1. The van der Waals surface area contributed by atoms with Crippen molar-refractivity contribution in [2.75, 3.05) is 7.11 Å². The molecule has 0 radical (unpaired) electrons. The second-order valence-electron chi connectivity index (χ2n) is 8.67. The van der Waals surface area contributed by atoms with Crippen LogP contribution in [0.4, 0.5) is 0 Å². The molecule has 2 N–H and O–H groups in total. The van der Waals surface area contributed by atoms with E-state index in [1.54, 1.807) is 12.1 Å². The normalized spacial score (nSPS) is 10.2. The van der Waals surface area contributed by atoms with Gasteiger partial charge in [0.2, 0.25) is 0 Å². The highest BCUT2D eigenvalue weighted by atomic mass is 35.5. The molecule has 6 nitrogen and oxygen atoms in total. The van der Waals surface area contributed by atoms with Crippen molar-refractivity contribution in [2.24, 2.45) is 11.7 Å². The summed E-state index contributed by atoms with van der Waals surface area (Å²) in [5, 5.41) is 0. The molecule has 0 aliphatic rings. The van der Waals surface area contributed by atoms with Crippen LogP contribution < -0.4 is 5.73 Å². The van der Waals surface area contributed by atoms with Crippen molar-refractivity contribution in [3.8, 4) is 11.1 Å². The first-order chi connectivity index (χ1) is 15.8. The van der Waals surface area contributed by atoms with Crippen molar-refractivity contribution in [1.82, 2.24) is 9.97 Å². The van der Waals surface area contributed by atoms with E-state index in [1.807, 2.05) is 6.92 Å². The number of carbonyl (C=O) groups is 1. The van der Waals surface area contributed by atoms with E-state index < -0.39 is 5.97 Å². The number of ether oxygens (including phenoxy) is 2. The summed E-state index contributed by atoms with van der Waals surface area (Å²) in [5.41, 5.74) is 15.0. The summed E-state index contributed by atoms with van der Waals surface area (Å²) in [4.78, 5) is 20.8. The van der Waals surface area contributed by atoms with Crippen molar-refractivity contribution < 1.29 is 14.3 Å². The molecule has 0 amide bonds. The maximum atomic E-state index is 11.6. The van der Waals surface area contributed by atoms with Crippen LogP contribution in [0.25, 0.3) is 11.1 Å². The molecule has 0 aliphatic carbocycles. The summed E-state index contributed by atoms with van der Waals surface area (Å²) in [6.07, 6.45) is 2.38. The number of hydrogen-bond donors (Lipinski definition) is 1. The number of hydrogen-bond acceptors (Lipinski definition) is 6. The van der Waals surface area contributed by atoms with E-state index in [2.05, 4.69) is 50.0 Å². The van der Waals surface area contributed by atoms with Gasteiger partial charge in [0.25, 0.3) is 0 Å². The van der Waals surface area contributed by atoms with Crippen LogP contribution in [-0.2, 0) is 35.7 Å². The highest BCUT2D eigenvalue weighted by Crippen LogP contribution is 2.33. The van der Waals surface area contributed by atoms with E-state index in [9.17, 15) is 4.79 Å². The van der Waals surface area contributed by atoms with Crippen molar-refractivity contribution >= 4 is 43.2 Å². The molecule has 0 saturated heterocycles. The third-order valence-corrected chi connectivity index (χ3v) is 5.58. The maximum absolute atomic E-state index is 11.6. The highest BCUT2D eigenvalue weighted by molar-refractivity contribution is 5.88. The van der Waals surface area contributed by atoms with Gasteiger partial charge in [0.1, 0.15) is 0 Å². The van der Waals surface area contributed by atoms with Gasteiger partial charge in [0.05, 0.1) is 31.6 Å². The largest absolute Gasteiger partial charge is 0.465 e. The van der Waals surface area contributed by atoms with E-state index in [0.29, 0.717) is 31.2 Å². The lowest BCUT2D eigenvalue weighted by molar-refractivity contribution is 0.0599. The predicted molar refractivity (Wildman–Crippen MR) is 151 cm³/mol. The van der Waals surface area contributed by atoms with Crippen molar-refractivity contribution in [2.45, 2.75) is 53.9 Å². The van der Waals surface area contributed by atoms with Gasteiger partial charge >= 0.3 is 5.97 Å². The minimum absolute atomic E-state index is 0. The van der Waals surface area contributed by atoms with Gasteiger partial charge in [-0.1, -0.05) is 43.7 Å². The zero-order valence-corrected chi connectivity index (χ0v) is 23.8. The smallest absolute Gasteiger partial charge is 0.339 e. The Morgan fingerprint density at radius 3 is 2.17 bits per heavy atom. The molecule has 0 aliphatic heterocycles. The number of pyridine rings is 2. The van der Waals surface area contributed by atoms with Crippen LogP contribution in [0.2, 0.25) is 0 Å². The summed E-state index contributed by atoms with van der Waals surface area (Å²) in [7, 11) is 1.35. The molecule has 0 bridgehead atoms. The number of carbonyl (C=O) groups excluding carboxylic acids is 1. The topological polar surface area (TPSA) is 87.3 Å². The van der Waals surface area contributed by atoms with Crippen LogP contribution in [0.3, 0.4) is 0 Å². The molecule has 3 aromatic rings. The summed E-state index contributed by atoms with van der Waals surface area (Å²) in [6.45, 7) is 9.62. The molecule has 9 heteroatoms. The van der Waals surface area contributed by atoms with Crippen LogP contribution >= 0.6 is 37.2 Å². The Kier molecular flexibility index (Phi) is 14.8. The first-order valence-corrected chi connectivity index (χ1v) is 11.2. The number of halogens is 3.